The van der Waals surface area contributed by atoms with Crippen LogP contribution in [0.2, 0.25) is 0 Å². The van der Waals surface area contributed by atoms with Crippen molar-refractivity contribution in [3.8, 4) is 11.5 Å². The molecule has 6 heteroatoms. The number of carbonyl (C=O) groups is 1. The van der Waals surface area contributed by atoms with E-state index in [-0.39, 0.29) is 11.5 Å². The van der Waals surface area contributed by atoms with Gasteiger partial charge in [0.2, 0.25) is 0 Å². The molecule has 0 bridgehead atoms. The maximum Gasteiger partial charge on any atom is 0.307 e. The number of nitrogens with one attached hydrogen (secondary N) is 1. The second kappa shape index (κ2) is 5.92. The summed E-state index contributed by atoms with van der Waals surface area (Å²) in [6.45, 7) is 1.66. The molecule has 0 radical (unpaired) electrons. The minimum Gasteiger partial charge on any atom is -0.507 e. The molecule has 2 rings (SSSR count). The van der Waals surface area contributed by atoms with Gasteiger partial charge in [-0.05, 0) is 37.3 Å². The number of methoxy groups -OCH3 is 1. The summed E-state index contributed by atoms with van der Waals surface area (Å²) in [6, 6.07) is 7.91. The van der Waals surface area contributed by atoms with E-state index >= 15 is 0 Å². The molecule has 0 saturated heterocycles. The fraction of sp³-hybridized carbons (Fsp3) is 0.143. The van der Waals surface area contributed by atoms with Gasteiger partial charge < -0.3 is 14.3 Å². The molecular formula is C14H14N2O4. The van der Waals surface area contributed by atoms with Crippen LogP contribution in [-0.4, -0.2) is 23.8 Å². The summed E-state index contributed by atoms with van der Waals surface area (Å²) in [5, 5.41) is 13.7. The number of phenols is 1. The van der Waals surface area contributed by atoms with Gasteiger partial charge >= 0.3 is 5.91 Å². The molecular weight excluding hydrogens is 260 g/mol. The highest BCUT2D eigenvalue weighted by molar-refractivity contribution is 6.02. The quantitative estimate of drug-likeness (QED) is 0.661. The monoisotopic (exact) mass is 274 g/mol. The lowest BCUT2D eigenvalue weighted by molar-refractivity contribution is 0.0927. The number of benzene rings is 1. The number of hydrogen-bond donors (Lipinski definition) is 2. The minimum atomic E-state index is -0.461. The Morgan fingerprint density at radius 1 is 1.40 bits per heavy atom. The molecule has 1 aromatic heterocycles. The maximum atomic E-state index is 11.7. The standard InChI is InChI=1S/C14H14N2O4/c1-9(11-8-10(19-2)5-6-12(11)17)15-16-14(18)13-4-3-7-20-13/h3-8,17H,1-2H3,(H,16,18)/b15-9+. The third kappa shape index (κ3) is 2.97. The molecule has 6 nitrogen and oxygen atoms in total. The molecule has 0 aliphatic heterocycles. The maximum absolute atomic E-state index is 11.7. The molecule has 104 valence electrons. The van der Waals surface area contributed by atoms with Crippen molar-refractivity contribution in [1.29, 1.82) is 0 Å². The lowest BCUT2D eigenvalue weighted by atomic mass is 10.1. The Bertz CT molecular complexity index is 633. The van der Waals surface area contributed by atoms with Gasteiger partial charge in [0.05, 0.1) is 19.1 Å². The largest absolute Gasteiger partial charge is 0.507 e. The summed E-state index contributed by atoms with van der Waals surface area (Å²) in [4.78, 5) is 11.7. The number of carbonyl (C=O) groups excluding carboxylic acids is 1. The highest BCUT2D eigenvalue weighted by Gasteiger charge is 2.09. The minimum absolute atomic E-state index is 0.0549. The molecule has 1 aromatic carbocycles. The van der Waals surface area contributed by atoms with Gasteiger partial charge in [-0.1, -0.05) is 0 Å². The molecule has 2 N–H and O–H groups in total. The third-order valence-electron chi connectivity index (χ3n) is 2.66. The number of phenolic OH excluding ortho intramolecular Hbond substituents is 1. The molecule has 0 unspecified atom stereocenters. The van der Waals surface area contributed by atoms with Gasteiger partial charge in [0.25, 0.3) is 0 Å². The number of nitrogens with zero attached hydrogens (tertiary/aromatic N) is 1. The Labute approximate surface area is 115 Å². The van der Waals surface area contributed by atoms with Crippen molar-refractivity contribution >= 4 is 11.6 Å². The summed E-state index contributed by atoms with van der Waals surface area (Å²) in [5.74, 6) is 0.345. The first kappa shape index (κ1) is 13.7. The predicted molar refractivity (Wildman–Crippen MR) is 73.0 cm³/mol. The average molecular weight is 274 g/mol. The lowest BCUT2D eigenvalue weighted by Crippen LogP contribution is -2.18. The Morgan fingerprint density at radius 3 is 2.85 bits per heavy atom. The zero-order valence-electron chi connectivity index (χ0n) is 11.1. The number of hydrazone groups is 1. The van der Waals surface area contributed by atoms with E-state index in [2.05, 4.69) is 10.5 Å². The molecule has 1 heterocycles. The summed E-state index contributed by atoms with van der Waals surface area (Å²) < 4.78 is 10.0. The Balaban J connectivity index is 2.16. The van der Waals surface area contributed by atoms with Crippen LogP contribution < -0.4 is 10.2 Å². The predicted octanol–water partition coefficient (Wildman–Crippen LogP) is 2.15. The number of ether oxygens (including phenoxy) is 1. The summed E-state index contributed by atoms with van der Waals surface area (Å²) in [5.41, 5.74) is 3.27. The SMILES string of the molecule is COc1ccc(O)c(/C(C)=N/NC(=O)c2ccco2)c1. The molecule has 0 fully saturated rings. The lowest BCUT2D eigenvalue weighted by Gasteiger charge is -2.07. The van der Waals surface area contributed by atoms with E-state index in [1.54, 1.807) is 25.1 Å². The van der Waals surface area contributed by atoms with Crippen LogP contribution in [0.5, 0.6) is 11.5 Å². The van der Waals surface area contributed by atoms with Gasteiger partial charge in [-0.3, -0.25) is 4.79 Å². The van der Waals surface area contributed by atoms with E-state index in [1.807, 2.05) is 0 Å². The second-order valence-electron chi connectivity index (χ2n) is 4.00. The third-order valence-corrected chi connectivity index (χ3v) is 2.66. The van der Waals surface area contributed by atoms with Crippen molar-refractivity contribution in [3.63, 3.8) is 0 Å². The van der Waals surface area contributed by atoms with Crippen molar-refractivity contribution < 1.29 is 19.1 Å². The fourth-order valence-electron chi connectivity index (χ4n) is 1.59. The van der Waals surface area contributed by atoms with E-state index in [0.29, 0.717) is 17.0 Å². The van der Waals surface area contributed by atoms with Crippen LogP contribution in [-0.2, 0) is 0 Å². The van der Waals surface area contributed by atoms with Gasteiger partial charge in [-0.15, -0.1) is 0 Å². The van der Waals surface area contributed by atoms with E-state index in [0.717, 1.165) is 0 Å². The number of furan rings is 1. The normalized spacial score (nSPS) is 11.2. The smallest absolute Gasteiger partial charge is 0.307 e. The molecule has 0 atom stereocenters. The molecule has 2 aromatic rings. The van der Waals surface area contributed by atoms with Gasteiger partial charge in [0.1, 0.15) is 11.5 Å². The first-order valence-electron chi connectivity index (χ1n) is 5.87. The Hall–Kier alpha value is -2.76. The van der Waals surface area contributed by atoms with Crippen LogP contribution in [0.4, 0.5) is 0 Å². The first-order valence-corrected chi connectivity index (χ1v) is 5.87. The number of rotatable bonds is 4. The van der Waals surface area contributed by atoms with Gasteiger partial charge in [-0.25, -0.2) is 5.43 Å². The average Bonchev–Trinajstić information content (AvgIpc) is 2.99. The van der Waals surface area contributed by atoms with Crippen LogP contribution in [0.25, 0.3) is 0 Å². The summed E-state index contributed by atoms with van der Waals surface area (Å²) in [6.07, 6.45) is 1.40. The highest BCUT2D eigenvalue weighted by atomic mass is 16.5. The van der Waals surface area contributed by atoms with Crippen LogP contribution in [0.15, 0.2) is 46.1 Å². The van der Waals surface area contributed by atoms with E-state index in [9.17, 15) is 9.90 Å². The van der Waals surface area contributed by atoms with Crippen LogP contribution in [0.1, 0.15) is 23.0 Å². The topological polar surface area (TPSA) is 84.1 Å². The van der Waals surface area contributed by atoms with Crippen LogP contribution in [0, 0.1) is 0 Å². The van der Waals surface area contributed by atoms with E-state index in [4.69, 9.17) is 9.15 Å². The number of hydrogen-bond acceptors (Lipinski definition) is 5. The summed E-state index contributed by atoms with van der Waals surface area (Å²) in [7, 11) is 1.53. The molecule has 0 spiro atoms. The number of aromatic hydroxyl groups is 1. The van der Waals surface area contributed by atoms with Crippen molar-refractivity contribution in [3.05, 3.63) is 47.9 Å². The first-order chi connectivity index (χ1) is 9.61. The molecule has 0 aliphatic rings. The van der Waals surface area contributed by atoms with Crippen LogP contribution >= 0.6 is 0 Å². The van der Waals surface area contributed by atoms with Gasteiger partial charge in [0.15, 0.2) is 5.76 Å². The van der Waals surface area contributed by atoms with E-state index < -0.39 is 5.91 Å². The zero-order chi connectivity index (χ0) is 14.5. The van der Waals surface area contributed by atoms with Crippen molar-refractivity contribution in [2.24, 2.45) is 5.10 Å². The Kier molecular flexibility index (Phi) is 4.05. The van der Waals surface area contributed by atoms with Crippen molar-refractivity contribution in [2.75, 3.05) is 7.11 Å². The second-order valence-corrected chi connectivity index (χ2v) is 4.00. The fourth-order valence-corrected chi connectivity index (χ4v) is 1.59. The van der Waals surface area contributed by atoms with Gasteiger partial charge in [-0.2, -0.15) is 5.10 Å². The number of amides is 1. The zero-order valence-corrected chi connectivity index (χ0v) is 11.1. The summed E-state index contributed by atoms with van der Waals surface area (Å²) >= 11 is 0. The Morgan fingerprint density at radius 2 is 2.20 bits per heavy atom. The van der Waals surface area contributed by atoms with Crippen molar-refractivity contribution in [2.45, 2.75) is 6.92 Å². The van der Waals surface area contributed by atoms with Gasteiger partial charge in [0, 0.05) is 5.56 Å². The van der Waals surface area contributed by atoms with E-state index in [1.165, 1.54) is 25.5 Å². The molecule has 0 aliphatic carbocycles. The molecule has 20 heavy (non-hydrogen) atoms. The highest BCUT2D eigenvalue weighted by Crippen LogP contribution is 2.23. The molecule has 0 saturated carbocycles. The molecule has 1 amide bonds. The van der Waals surface area contributed by atoms with Crippen LogP contribution in [0.3, 0.4) is 0 Å². The van der Waals surface area contributed by atoms with Crippen molar-refractivity contribution in [1.82, 2.24) is 5.43 Å².